The van der Waals surface area contributed by atoms with Crippen molar-refractivity contribution in [2.24, 2.45) is 0 Å². The van der Waals surface area contributed by atoms with Crippen molar-refractivity contribution >= 4 is 0 Å². The van der Waals surface area contributed by atoms with Crippen LogP contribution in [0.2, 0.25) is 0 Å². The summed E-state index contributed by atoms with van der Waals surface area (Å²) in [7, 11) is 0. The first-order valence-corrected chi connectivity index (χ1v) is 5.78. The molecule has 1 saturated heterocycles. The van der Waals surface area contributed by atoms with Crippen LogP contribution in [-0.4, -0.2) is 35.2 Å². The van der Waals surface area contributed by atoms with Crippen molar-refractivity contribution in [3.05, 3.63) is 0 Å². The fraction of sp³-hybridized carbons (Fsp3) is 1.00. The van der Waals surface area contributed by atoms with E-state index in [-0.39, 0.29) is 6.10 Å². The highest BCUT2D eigenvalue weighted by molar-refractivity contribution is 4.87. The predicted octanol–water partition coefficient (Wildman–Crippen LogP) is 2.02. The van der Waals surface area contributed by atoms with E-state index in [0.717, 1.165) is 18.9 Å². The molecule has 1 saturated carbocycles. The van der Waals surface area contributed by atoms with Crippen LogP contribution < -0.4 is 0 Å². The monoisotopic (exact) mass is 185 g/mol. The second-order valence-electron chi connectivity index (χ2n) is 3.88. The summed E-state index contributed by atoms with van der Waals surface area (Å²) in [6.07, 6.45) is 6.22. The molecule has 78 valence electrons. The largest absolute Gasteiger partial charge is 0.393 e. The first-order valence-electron chi connectivity index (χ1n) is 5.78. The highest BCUT2D eigenvalue weighted by Crippen LogP contribution is 2.27. The molecule has 0 aromatic rings. The van der Waals surface area contributed by atoms with E-state index in [2.05, 4.69) is 4.90 Å². The molecule has 1 aliphatic carbocycles. The molecule has 0 spiro atoms. The highest BCUT2D eigenvalue weighted by atomic mass is 16.3. The Morgan fingerprint density at radius 3 is 2.00 bits per heavy atom. The molecule has 1 N–H and O–H groups in total. The third kappa shape index (κ3) is 2.96. The maximum absolute atomic E-state index is 9.12. The summed E-state index contributed by atoms with van der Waals surface area (Å²) < 4.78 is 0. The average Bonchev–Trinajstić information content (AvgIpc) is 2.18. The molecule has 13 heavy (non-hydrogen) atoms. The Hall–Kier alpha value is -0.0800. The molecule has 0 radical (unpaired) electrons. The molecule has 2 fully saturated rings. The number of hydrogen-bond donors (Lipinski definition) is 1. The zero-order valence-corrected chi connectivity index (χ0v) is 9.00. The van der Waals surface area contributed by atoms with E-state index in [1.807, 2.05) is 13.8 Å². The number of piperidine rings is 1. The lowest BCUT2D eigenvalue weighted by Gasteiger charge is -2.42. The van der Waals surface area contributed by atoms with Gasteiger partial charge in [0.25, 0.3) is 0 Å². The Morgan fingerprint density at radius 2 is 1.54 bits per heavy atom. The number of aliphatic hydroxyl groups is 1. The second kappa shape index (κ2) is 5.61. The van der Waals surface area contributed by atoms with Gasteiger partial charge in [0.15, 0.2) is 0 Å². The summed E-state index contributed by atoms with van der Waals surface area (Å²) in [6.45, 7) is 6.55. The minimum absolute atomic E-state index is 0.0157. The van der Waals surface area contributed by atoms with Crippen LogP contribution >= 0.6 is 0 Å². The van der Waals surface area contributed by atoms with Gasteiger partial charge in [0.2, 0.25) is 0 Å². The van der Waals surface area contributed by atoms with E-state index in [1.165, 1.54) is 32.4 Å². The van der Waals surface area contributed by atoms with Crippen LogP contribution in [0.3, 0.4) is 0 Å². The van der Waals surface area contributed by atoms with Gasteiger partial charge in [-0.2, -0.15) is 0 Å². The van der Waals surface area contributed by atoms with E-state index < -0.39 is 0 Å². The van der Waals surface area contributed by atoms with E-state index >= 15 is 0 Å². The molecule has 0 atom stereocenters. The van der Waals surface area contributed by atoms with Crippen LogP contribution in [0.25, 0.3) is 0 Å². The zero-order valence-electron chi connectivity index (χ0n) is 9.00. The summed E-state index contributed by atoms with van der Waals surface area (Å²) in [5.74, 6) is 0. The predicted molar refractivity (Wildman–Crippen MR) is 55.8 cm³/mol. The van der Waals surface area contributed by atoms with Crippen molar-refractivity contribution in [1.29, 1.82) is 0 Å². The van der Waals surface area contributed by atoms with Gasteiger partial charge in [0, 0.05) is 6.04 Å². The molecule has 0 aromatic heterocycles. The van der Waals surface area contributed by atoms with Gasteiger partial charge in [0.1, 0.15) is 0 Å². The van der Waals surface area contributed by atoms with E-state index in [1.54, 1.807) is 0 Å². The lowest BCUT2D eigenvalue weighted by molar-refractivity contribution is -0.00545. The van der Waals surface area contributed by atoms with Crippen LogP contribution in [0.5, 0.6) is 0 Å². The quantitative estimate of drug-likeness (QED) is 0.675. The third-order valence-corrected chi connectivity index (χ3v) is 3.00. The molecule has 0 unspecified atom stereocenters. The smallest absolute Gasteiger partial charge is 0.0570 e. The third-order valence-electron chi connectivity index (χ3n) is 3.00. The first kappa shape index (κ1) is 11.0. The van der Waals surface area contributed by atoms with Crippen LogP contribution in [0.15, 0.2) is 0 Å². The van der Waals surface area contributed by atoms with Gasteiger partial charge in [-0.25, -0.2) is 0 Å². The SMILES string of the molecule is CC.OC1CC(N2CCCCC2)C1. The molecule has 2 nitrogen and oxygen atoms in total. The molecule has 1 heterocycles. The van der Waals surface area contributed by atoms with Crippen LogP contribution in [0.1, 0.15) is 46.0 Å². The van der Waals surface area contributed by atoms with E-state index in [4.69, 9.17) is 5.11 Å². The molecular weight excluding hydrogens is 162 g/mol. The number of likely N-dealkylation sites (tertiary alicyclic amines) is 1. The van der Waals surface area contributed by atoms with E-state index in [9.17, 15) is 0 Å². The van der Waals surface area contributed by atoms with Crippen molar-refractivity contribution in [2.75, 3.05) is 13.1 Å². The Balaban J connectivity index is 0.000000396. The van der Waals surface area contributed by atoms with Crippen molar-refractivity contribution in [1.82, 2.24) is 4.90 Å². The Kier molecular flexibility index (Phi) is 4.74. The topological polar surface area (TPSA) is 23.5 Å². The van der Waals surface area contributed by atoms with Crippen molar-refractivity contribution in [3.8, 4) is 0 Å². The molecule has 2 rings (SSSR count). The van der Waals surface area contributed by atoms with Gasteiger partial charge in [-0.15, -0.1) is 0 Å². The molecular formula is C11H23NO. The molecule has 2 heteroatoms. The number of aliphatic hydroxyl groups excluding tert-OH is 1. The number of nitrogens with zero attached hydrogens (tertiary/aromatic N) is 1. The summed E-state index contributed by atoms with van der Waals surface area (Å²) in [5.41, 5.74) is 0. The van der Waals surface area contributed by atoms with Crippen molar-refractivity contribution < 1.29 is 5.11 Å². The van der Waals surface area contributed by atoms with Crippen LogP contribution in [0, 0.1) is 0 Å². The number of rotatable bonds is 1. The summed E-state index contributed by atoms with van der Waals surface area (Å²) >= 11 is 0. The molecule has 2 aliphatic rings. The summed E-state index contributed by atoms with van der Waals surface area (Å²) in [6, 6.07) is 0.727. The standard InChI is InChI=1S/C9H17NO.C2H6/c11-9-6-8(7-9)10-4-2-1-3-5-10;1-2/h8-9,11H,1-7H2;1-2H3. The Morgan fingerprint density at radius 1 is 1.00 bits per heavy atom. The molecule has 0 aromatic carbocycles. The maximum Gasteiger partial charge on any atom is 0.0570 e. The molecule has 0 amide bonds. The highest BCUT2D eigenvalue weighted by Gasteiger charge is 2.32. The minimum atomic E-state index is 0.0157. The maximum atomic E-state index is 9.12. The number of hydrogen-bond acceptors (Lipinski definition) is 2. The first-order chi connectivity index (χ1) is 6.36. The van der Waals surface area contributed by atoms with E-state index in [0.29, 0.717) is 0 Å². The minimum Gasteiger partial charge on any atom is -0.393 e. The van der Waals surface area contributed by atoms with Gasteiger partial charge in [-0.05, 0) is 38.8 Å². The Bertz CT molecular complexity index is 126. The van der Waals surface area contributed by atoms with Crippen molar-refractivity contribution in [2.45, 2.75) is 58.1 Å². The average molecular weight is 185 g/mol. The van der Waals surface area contributed by atoms with Gasteiger partial charge in [0.05, 0.1) is 6.10 Å². The second-order valence-corrected chi connectivity index (χ2v) is 3.88. The lowest BCUT2D eigenvalue weighted by Crippen LogP contribution is -2.48. The molecule has 0 bridgehead atoms. The zero-order chi connectivity index (χ0) is 9.68. The summed E-state index contributed by atoms with van der Waals surface area (Å²) in [5, 5.41) is 9.12. The summed E-state index contributed by atoms with van der Waals surface area (Å²) in [4.78, 5) is 2.55. The van der Waals surface area contributed by atoms with Crippen molar-refractivity contribution in [3.63, 3.8) is 0 Å². The van der Waals surface area contributed by atoms with Gasteiger partial charge in [-0.3, -0.25) is 0 Å². The van der Waals surface area contributed by atoms with Crippen LogP contribution in [0.4, 0.5) is 0 Å². The normalized spacial score (nSPS) is 34.4. The fourth-order valence-corrected chi connectivity index (χ4v) is 2.14. The van der Waals surface area contributed by atoms with Gasteiger partial charge >= 0.3 is 0 Å². The lowest BCUT2D eigenvalue weighted by atomic mass is 9.87. The van der Waals surface area contributed by atoms with Crippen LogP contribution in [-0.2, 0) is 0 Å². The van der Waals surface area contributed by atoms with Gasteiger partial charge < -0.3 is 10.0 Å². The van der Waals surface area contributed by atoms with Gasteiger partial charge in [-0.1, -0.05) is 20.3 Å². The molecule has 1 aliphatic heterocycles. The Labute approximate surface area is 81.9 Å². The fourth-order valence-electron chi connectivity index (χ4n) is 2.14.